The van der Waals surface area contributed by atoms with Crippen molar-refractivity contribution in [1.29, 1.82) is 0 Å². The van der Waals surface area contributed by atoms with Crippen molar-refractivity contribution in [2.45, 2.75) is 72.8 Å². The summed E-state index contributed by atoms with van der Waals surface area (Å²) in [4.78, 5) is 29.5. The van der Waals surface area contributed by atoms with E-state index in [0.29, 0.717) is 42.4 Å². The van der Waals surface area contributed by atoms with Gasteiger partial charge in [-0.15, -0.1) is 0 Å². The number of nitrogens with zero attached hydrogens (tertiary/aromatic N) is 2. The van der Waals surface area contributed by atoms with Crippen LogP contribution in [0.15, 0.2) is 48.8 Å². The predicted octanol–water partition coefficient (Wildman–Crippen LogP) is 6.70. The Kier molecular flexibility index (Phi) is 12.3. The molecular weight excluding hydrogens is 506 g/mol. The van der Waals surface area contributed by atoms with Gasteiger partial charge in [0.1, 0.15) is 11.5 Å². The number of hydrogen-bond acceptors (Lipinski definition) is 5. The number of urea groups is 1. The van der Waals surface area contributed by atoms with Gasteiger partial charge in [0.25, 0.3) is 0 Å². The van der Waals surface area contributed by atoms with E-state index in [1.165, 1.54) is 5.69 Å². The first-order valence-corrected chi connectivity index (χ1v) is 14.3. The number of nitrogens with one attached hydrogen (secondary N) is 3. The number of benzene rings is 2. The number of anilines is 1. The summed E-state index contributed by atoms with van der Waals surface area (Å²) in [7, 11) is 0. The first-order valence-electron chi connectivity index (χ1n) is 14.3. The summed E-state index contributed by atoms with van der Waals surface area (Å²) in [6, 6.07) is 13.3. The van der Waals surface area contributed by atoms with Crippen LogP contribution in [0.2, 0.25) is 0 Å². The van der Waals surface area contributed by atoms with Crippen LogP contribution in [-0.4, -0.2) is 41.4 Å². The Morgan fingerprint density at radius 1 is 0.900 bits per heavy atom. The zero-order chi connectivity index (χ0) is 28.7. The van der Waals surface area contributed by atoms with Crippen molar-refractivity contribution in [3.63, 3.8) is 0 Å². The molecule has 0 fully saturated rings. The molecule has 0 saturated carbocycles. The number of carbonyl (C=O) groups is 2. The summed E-state index contributed by atoms with van der Waals surface area (Å²) in [5, 5.41) is 8.51. The molecule has 3 aromatic rings. The molecule has 9 heteroatoms. The Labute approximate surface area is 237 Å². The van der Waals surface area contributed by atoms with E-state index in [2.05, 4.69) is 58.4 Å². The number of imidazole rings is 1. The van der Waals surface area contributed by atoms with Gasteiger partial charge in [0.05, 0.1) is 24.3 Å². The highest BCUT2D eigenvalue weighted by molar-refractivity contribution is 5.92. The van der Waals surface area contributed by atoms with Gasteiger partial charge < -0.3 is 30.0 Å². The lowest BCUT2D eigenvalue weighted by Crippen LogP contribution is -2.30. The monoisotopic (exact) mass is 549 g/mol. The molecule has 0 radical (unpaired) electrons. The molecule has 0 aliphatic rings. The van der Waals surface area contributed by atoms with E-state index in [1.807, 2.05) is 24.5 Å². The number of carbonyl (C=O) groups excluding carboxylic acids is 2. The fraction of sp³-hybridized carbons (Fsp3) is 0.452. The Hall–Kier alpha value is -4.01. The van der Waals surface area contributed by atoms with E-state index < -0.39 is 6.09 Å². The molecule has 1 aromatic heterocycles. The SMILES string of the molecule is CCCCNC(=O)Nc1c(OCCCn2cnc(-c3ccccc3)c2CC)ccc(OC(=O)NCCCC)c1C. The second-order valence-corrected chi connectivity index (χ2v) is 9.62. The molecule has 3 rings (SSSR count). The van der Waals surface area contributed by atoms with Crippen LogP contribution >= 0.6 is 0 Å². The number of unbranched alkanes of at least 4 members (excludes halogenated alkanes) is 2. The molecule has 0 bridgehead atoms. The fourth-order valence-corrected chi connectivity index (χ4v) is 4.32. The van der Waals surface area contributed by atoms with Crippen molar-refractivity contribution in [3.05, 3.63) is 60.0 Å². The molecule has 0 aliphatic heterocycles. The van der Waals surface area contributed by atoms with Crippen molar-refractivity contribution >= 4 is 17.8 Å². The number of rotatable bonds is 15. The molecular formula is C31H43N5O4. The van der Waals surface area contributed by atoms with Gasteiger partial charge in [0.15, 0.2) is 0 Å². The minimum absolute atomic E-state index is 0.328. The van der Waals surface area contributed by atoms with Gasteiger partial charge in [0, 0.05) is 36.5 Å². The van der Waals surface area contributed by atoms with Gasteiger partial charge in [-0.3, -0.25) is 0 Å². The maximum absolute atomic E-state index is 12.6. The van der Waals surface area contributed by atoms with Crippen LogP contribution in [0, 0.1) is 6.92 Å². The summed E-state index contributed by atoms with van der Waals surface area (Å²) >= 11 is 0. The molecule has 0 spiro atoms. The largest absolute Gasteiger partial charge is 0.491 e. The summed E-state index contributed by atoms with van der Waals surface area (Å²) < 4.78 is 13.8. The second kappa shape index (κ2) is 16.2. The third-order valence-corrected chi connectivity index (χ3v) is 6.56. The predicted molar refractivity (Wildman–Crippen MR) is 159 cm³/mol. The van der Waals surface area contributed by atoms with Gasteiger partial charge >= 0.3 is 12.1 Å². The van der Waals surface area contributed by atoms with Gasteiger partial charge in [-0.05, 0) is 44.7 Å². The molecule has 1 heterocycles. The first-order chi connectivity index (χ1) is 19.5. The number of aromatic nitrogens is 2. The number of aryl methyl sites for hydroxylation is 1. The van der Waals surface area contributed by atoms with Crippen LogP contribution in [0.5, 0.6) is 11.5 Å². The summed E-state index contributed by atoms with van der Waals surface area (Å²) in [5.41, 5.74) is 4.40. The average Bonchev–Trinajstić information content (AvgIpc) is 3.37. The Balaban J connectivity index is 1.68. The normalized spacial score (nSPS) is 10.7. The summed E-state index contributed by atoms with van der Waals surface area (Å²) in [6.07, 6.45) is 6.70. The standard InChI is InChI=1S/C31H43N5O4/c1-5-8-18-32-30(37)35-28-23(4)26(40-31(38)33-19-9-6-2)16-17-27(28)39-21-13-20-36-22-34-29(25(36)7-3)24-14-11-10-12-15-24/h10-12,14-17,22H,5-9,13,18-21H2,1-4H3,(H,33,38)(H2,32,35,37). The zero-order valence-electron chi connectivity index (χ0n) is 24.2. The van der Waals surface area contributed by atoms with Gasteiger partial charge in [-0.2, -0.15) is 0 Å². The topological polar surface area (TPSA) is 107 Å². The summed E-state index contributed by atoms with van der Waals surface area (Å²) in [5.74, 6) is 0.887. The Morgan fingerprint density at radius 2 is 1.60 bits per heavy atom. The summed E-state index contributed by atoms with van der Waals surface area (Å²) in [6.45, 7) is 10.4. The van der Waals surface area contributed by atoms with E-state index in [4.69, 9.17) is 9.47 Å². The lowest BCUT2D eigenvalue weighted by molar-refractivity contribution is 0.200. The van der Waals surface area contributed by atoms with Crippen molar-refractivity contribution in [1.82, 2.24) is 20.2 Å². The van der Waals surface area contributed by atoms with Gasteiger partial charge in [-0.25, -0.2) is 14.6 Å². The van der Waals surface area contributed by atoms with Gasteiger partial charge in [0.2, 0.25) is 0 Å². The zero-order valence-corrected chi connectivity index (χ0v) is 24.2. The quantitative estimate of drug-likeness (QED) is 0.183. The highest BCUT2D eigenvalue weighted by atomic mass is 16.6. The van der Waals surface area contributed by atoms with E-state index in [-0.39, 0.29) is 6.03 Å². The number of ether oxygens (including phenoxy) is 2. The van der Waals surface area contributed by atoms with E-state index in [0.717, 1.165) is 56.3 Å². The second-order valence-electron chi connectivity index (χ2n) is 9.62. The van der Waals surface area contributed by atoms with Crippen molar-refractivity contribution < 1.29 is 19.1 Å². The molecule has 0 atom stereocenters. The minimum atomic E-state index is -0.523. The van der Waals surface area contributed by atoms with Crippen molar-refractivity contribution in [2.24, 2.45) is 0 Å². The highest BCUT2D eigenvalue weighted by Crippen LogP contribution is 2.35. The number of hydrogen-bond donors (Lipinski definition) is 3. The van der Waals surface area contributed by atoms with E-state index in [1.54, 1.807) is 19.1 Å². The molecule has 3 N–H and O–H groups in total. The molecule has 0 aliphatic carbocycles. The first kappa shape index (κ1) is 30.5. The molecule has 0 unspecified atom stereocenters. The van der Waals surface area contributed by atoms with Crippen molar-refractivity contribution in [2.75, 3.05) is 25.0 Å². The number of amides is 3. The van der Waals surface area contributed by atoms with Crippen molar-refractivity contribution in [3.8, 4) is 22.8 Å². The molecule has 216 valence electrons. The van der Waals surface area contributed by atoms with Gasteiger partial charge in [-0.1, -0.05) is 63.9 Å². The van der Waals surface area contributed by atoms with Crippen LogP contribution in [0.4, 0.5) is 15.3 Å². The minimum Gasteiger partial charge on any atom is -0.491 e. The van der Waals surface area contributed by atoms with E-state index in [9.17, 15) is 9.59 Å². The van der Waals surface area contributed by atoms with Crippen LogP contribution in [0.3, 0.4) is 0 Å². The smallest absolute Gasteiger partial charge is 0.412 e. The fourth-order valence-electron chi connectivity index (χ4n) is 4.32. The van der Waals surface area contributed by atoms with Crippen LogP contribution in [0.1, 0.15) is 64.1 Å². The molecule has 0 saturated heterocycles. The third kappa shape index (κ3) is 8.76. The average molecular weight is 550 g/mol. The Bertz CT molecular complexity index is 1230. The van der Waals surface area contributed by atoms with Crippen LogP contribution in [0.25, 0.3) is 11.3 Å². The third-order valence-electron chi connectivity index (χ3n) is 6.56. The highest BCUT2D eigenvalue weighted by Gasteiger charge is 2.17. The lowest BCUT2D eigenvalue weighted by atomic mass is 10.1. The molecule has 9 nitrogen and oxygen atoms in total. The maximum atomic E-state index is 12.6. The van der Waals surface area contributed by atoms with Crippen LogP contribution in [-0.2, 0) is 13.0 Å². The van der Waals surface area contributed by atoms with Crippen LogP contribution < -0.4 is 25.4 Å². The molecule has 2 aromatic carbocycles. The Morgan fingerprint density at radius 3 is 2.30 bits per heavy atom. The maximum Gasteiger partial charge on any atom is 0.412 e. The van der Waals surface area contributed by atoms with E-state index >= 15 is 0 Å². The molecule has 40 heavy (non-hydrogen) atoms. The molecule has 3 amide bonds. The lowest BCUT2D eigenvalue weighted by Gasteiger charge is -2.18.